The lowest BCUT2D eigenvalue weighted by Crippen LogP contribution is -2.25. The summed E-state index contributed by atoms with van der Waals surface area (Å²) in [4.78, 5) is 23.4. The van der Waals surface area contributed by atoms with Gasteiger partial charge in [0.15, 0.2) is 6.10 Å². The number of esters is 1. The number of carbonyl (C=O) groups excluding carboxylic acids is 1. The highest BCUT2D eigenvalue weighted by Crippen LogP contribution is 2.31. The summed E-state index contributed by atoms with van der Waals surface area (Å²) < 4.78 is 15.8. The molecule has 0 amide bonds. The predicted octanol–water partition coefficient (Wildman–Crippen LogP) is 3.38. The molecule has 1 aromatic heterocycles. The van der Waals surface area contributed by atoms with E-state index in [-0.39, 0.29) is 5.63 Å². The lowest BCUT2D eigenvalue weighted by Gasteiger charge is -2.16. The van der Waals surface area contributed by atoms with Crippen LogP contribution in [0, 0.1) is 6.92 Å². The van der Waals surface area contributed by atoms with Gasteiger partial charge in [-0.15, -0.1) is 0 Å². The van der Waals surface area contributed by atoms with Crippen molar-refractivity contribution in [2.75, 3.05) is 7.11 Å². The van der Waals surface area contributed by atoms with E-state index in [9.17, 15) is 9.59 Å². The second-order valence-electron chi connectivity index (χ2n) is 5.61. The van der Waals surface area contributed by atoms with Gasteiger partial charge < -0.3 is 13.9 Å². The van der Waals surface area contributed by atoms with E-state index in [2.05, 4.69) is 6.92 Å². The van der Waals surface area contributed by atoms with Crippen molar-refractivity contribution in [1.29, 1.82) is 0 Å². The summed E-state index contributed by atoms with van der Waals surface area (Å²) >= 11 is 0. The Bertz CT molecular complexity index is 760. The average Bonchev–Trinajstić information content (AvgIpc) is 2.50. The van der Waals surface area contributed by atoms with Crippen LogP contribution in [0.2, 0.25) is 0 Å². The van der Waals surface area contributed by atoms with Gasteiger partial charge in [-0.05, 0) is 49.9 Å². The smallest absolute Gasteiger partial charge is 0.346 e. The molecule has 0 aliphatic carbocycles. The predicted molar refractivity (Wildman–Crippen MR) is 87.9 cm³/mol. The Morgan fingerprint density at radius 1 is 1.30 bits per heavy atom. The summed E-state index contributed by atoms with van der Waals surface area (Å²) in [5.74, 6) is 0.0832. The van der Waals surface area contributed by atoms with Crippen LogP contribution in [-0.2, 0) is 16.0 Å². The maximum absolute atomic E-state index is 11.8. The highest BCUT2D eigenvalue weighted by atomic mass is 16.6. The zero-order valence-electron chi connectivity index (χ0n) is 14.0. The van der Waals surface area contributed by atoms with Crippen molar-refractivity contribution in [3.05, 3.63) is 39.7 Å². The first-order valence-corrected chi connectivity index (χ1v) is 7.78. The fourth-order valence-electron chi connectivity index (χ4n) is 2.53. The molecule has 2 aromatic rings. The lowest BCUT2D eigenvalue weighted by molar-refractivity contribution is -0.147. The topological polar surface area (TPSA) is 65.7 Å². The summed E-state index contributed by atoms with van der Waals surface area (Å²) in [5.41, 5.74) is 1.88. The van der Waals surface area contributed by atoms with Crippen molar-refractivity contribution >= 4 is 16.9 Å². The number of methoxy groups -OCH3 is 1. The molecule has 1 heterocycles. The molecule has 0 fully saturated rings. The third-order valence-electron chi connectivity index (χ3n) is 3.67. The zero-order valence-corrected chi connectivity index (χ0v) is 14.0. The van der Waals surface area contributed by atoms with Crippen LogP contribution >= 0.6 is 0 Å². The van der Waals surface area contributed by atoms with Gasteiger partial charge >= 0.3 is 11.6 Å². The molecule has 124 valence electrons. The quantitative estimate of drug-likeness (QED) is 0.603. The summed E-state index contributed by atoms with van der Waals surface area (Å²) in [5, 5.41) is 0.749. The first-order chi connectivity index (χ1) is 11.0. The molecule has 5 heteroatoms. The molecule has 2 rings (SSSR count). The van der Waals surface area contributed by atoms with Gasteiger partial charge in [0.1, 0.15) is 11.3 Å². The van der Waals surface area contributed by atoms with Crippen LogP contribution in [0.1, 0.15) is 37.8 Å². The van der Waals surface area contributed by atoms with Gasteiger partial charge in [0, 0.05) is 6.07 Å². The van der Waals surface area contributed by atoms with Gasteiger partial charge in [0.25, 0.3) is 0 Å². The van der Waals surface area contributed by atoms with Crippen molar-refractivity contribution in [2.24, 2.45) is 0 Å². The van der Waals surface area contributed by atoms with Crippen molar-refractivity contribution in [2.45, 2.75) is 46.1 Å². The SMILES string of the molecule is CCCCc1cc(=O)oc2cc(C)cc(O[C@@H](C)C(=O)OC)c12. The number of ether oxygens (including phenoxy) is 2. The van der Waals surface area contributed by atoms with E-state index < -0.39 is 12.1 Å². The largest absolute Gasteiger partial charge is 0.478 e. The maximum atomic E-state index is 11.8. The van der Waals surface area contributed by atoms with Crippen LogP contribution in [0.15, 0.2) is 27.4 Å². The normalized spacial score (nSPS) is 12.2. The minimum absolute atomic E-state index is 0.374. The number of benzene rings is 1. The molecule has 0 saturated carbocycles. The number of aryl methyl sites for hydroxylation is 2. The Kier molecular flexibility index (Phi) is 5.42. The number of rotatable bonds is 6. The Hall–Kier alpha value is -2.30. The van der Waals surface area contributed by atoms with Crippen LogP contribution in [0.25, 0.3) is 11.0 Å². The maximum Gasteiger partial charge on any atom is 0.346 e. The minimum atomic E-state index is -0.740. The molecule has 0 aliphatic heterocycles. The highest BCUT2D eigenvalue weighted by Gasteiger charge is 2.19. The summed E-state index contributed by atoms with van der Waals surface area (Å²) in [6, 6.07) is 5.15. The number of fused-ring (bicyclic) bond motifs is 1. The average molecular weight is 318 g/mol. The number of unbranched alkanes of at least 4 members (excludes halogenated alkanes) is 1. The third kappa shape index (κ3) is 3.92. The van der Waals surface area contributed by atoms with Gasteiger partial charge in [-0.1, -0.05) is 13.3 Å². The Morgan fingerprint density at radius 3 is 2.70 bits per heavy atom. The summed E-state index contributed by atoms with van der Waals surface area (Å²) in [7, 11) is 1.32. The van der Waals surface area contributed by atoms with Gasteiger partial charge in [-0.3, -0.25) is 0 Å². The molecular weight excluding hydrogens is 296 g/mol. The molecule has 0 N–H and O–H groups in total. The third-order valence-corrected chi connectivity index (χ3v) is 3.67. The first-order valence-electron chi connectivity index (χ1n) is 7.78. The fourth-order valence-corrected chi connectivity index (χ4v) is 2.53. The van der Waals surface area contributed by atoms with Crippen LogP contribution < -0.4 is 10.4 Å². The van der Waals surface area contributed by atoms with E-state index in [1.807, 2.05) is 19.1 Å². The van der Waals surface area contributed by atoms with Gasteiger partial charge in [0.2, 0.25) is 0 Å². The molecule has 23 heavy (non-hydrogen) atoms. The second-order valence-corrected chi connectivity index (χ2v) is 5.61. The van der Waals surface area contributed by atoms with Crippen molar-refractivity contribution in [1.82, 2.24) is 0 Å². The molecule has 0 unspecified atom stereocenters. The van der Waals surface area contributed by atoms with E-state index >= 15 is 0 Å². The fraction of sp³-hybridized carbons (Fsp3) is 0.444. The molecule has 0 spiro atoms. The number of hydrogen-bond acceptors (Lipinski definition) is 5. The Labute approximate surface area is 135 Å². The lowest BCUT2D eigenvalue weighted by atomic mass is 10.0. The molecule has 0 radical (unpaired) electrons. The minimum Gasteiger partial charge on any atom is -0.478 e. The molecule has 0 bridgehead atoms. The molecule has 1 atom stereocenters. The molecular formula is C18H22O5. The van der Waals surface area contributed by atoms with E-state index in [1.54, 1.807) is 6.92 Å². The molecule has 0 aliphatic rings. The van der Waals surface area contributed by atoms with Crippen molar-refractivity contribution < 1.29 is 18.7 Å². The second kappa shape index (κ2) is 7.31. The van der Waals surface area contributed by atoms with E-state index in [4.69, 9.17) is 13.9 Å². The van der Waals surface area contributed by atoms with Crippen molar-refractivity contribution in [3.8, 4) is 5.75 Å². The van der Waals surface area contributed by atoms with Crippen LogP contribution in [0.5, 0.6) is 5.75 Å². The van der Waals surface area contributed by atoms with Crippen LogP contribution in [-0.4, -0.2) is 19.2 Å². The monoisotopic (exact) mass is 318 g/mol. The number of hydrogen-bond donors (Lipinski definition) is 0. The van der Waals surface area contributed by atoms with Crippen LogP contribution in [0.3, 0.4) is 0 Å². The van der Waals surface area contributed by atoms with Gasteiger partial charge in [0.05, 0.1) is 12.5 Å². The molecule has 0 saturated heterocycles. The van der Waals surface area contributed by atoms with E-state index in [0.29, 0.717) is 11.3 Å². The van der Waals surface area contributed by atoms with Crippen molar-refractivity contribution in [3.63, 3.8) is 0 Å². The highest BCUT2D eigenvalue weighted by molar-refractivity contribution is 5.88. The van der Waals surface area contributed by atoms with E-state index in [0.717, 1.165) is 35.8 Å². The standard InChI is InChI=1S/C18H22O5/c1-5-6-7-13-10-16(19)23-15-9-11(2)8-14(17(13)15)22-12(3)18(20)21-4/h8-10,12H,5-7H2,1-4H3/t12-/m0/s1. The molecule has 1 aromatic carbocycles. The van der Waals surface area contributed by atoms with Crippen LogP contribution in [0.4, 0.5) is 0 Å². The number of carbonyl (C=O) groups is 1. The first kappa shape index (κ1) is 17.1. The summed E-state index contributed by atoms with van der Waals surface area (Å²) in [6.45, 7) is 5.60. The summed E-state index contributed by atoms with van der Waals surface area (Å²) in [6.07, 6.45) is 1.99. The molecule has 5 nitrogen and oxygen atoms in total. The van der Waals surface area contributed by atoms with E-state index in [1.165, 1.54) is 13.2 Å². The zero-order chi connectivity index (χ0) is 17.0. The Balaban J connectivity index is 2.57. The Morgan fingerprint density at radius 2 is 2.04 bits per heavy atom. The van der Waals surface area contributed by atoms with Gasteiger partial charge in [-0.2, -0.15) is 0 Å². The van der Waals surface area contributed by atoms with Gasteiger partial charge in [-0.25, -0.2) is 9.59 Å².